The van der Waals surface area contributed by atoms with E-state index in [1.165, 1.54) is 5.69 Å². The molecule has 0 aliphatic heterocycles. The number of aryl methyl sites for hydroxylation is 3. The SMILES string of the molecule is Cc1n(CC2CCc3c(c4ccccc4n3C)C2=O)cc[n+]1COC(=O)C(C)CNC(=O)OC(C)(C)C.Cc1nccn1CC1CCc2c(c3ccccc3n2C)C1=O.Cl. The molecule has 3 unspecified atom stereocenters. The number of hydrogen-bond acceptors (Lipinski definition) is 7. The van der Waals surface area contributed by atoms with Crippen LogP contribution in [0.25, 0.3) is 21.8 Å². The van der Waals surface area contributed by atoms with Crippen molar-refractivity contribution in [2.24, 2.45) is 31.8 Å². The third-order valence-electron chi connectivity index (χ3n) is 11.9. The minimum absolute atomic E-state index is 0. The lowest BCUT2D eigenvalue weighted by atomic mass is 9.85. The number of nitrogens with one attached hydrogen (secondary N) is 1. The topological polar surface area (TPSA) is 135 Å². The first kappa shape index (κ1) is 43.9. The predicted octanol–water partition coefficient (Wildman–Crippen LogP) is 7.23. The van der Waals surface area contributed by atoms with Gasteiger partial charge in [-0.05, 0) is 65.5 Å². The van der Waals surface area contributed by atoms with Crippen molar-refractivity contribution in [3.8, 4) is 0 Å². The third-order valence-corrected chi connectivity index (χ3v) is 11.9. The smallest absolute Gasteiger partial charge is 0.407 e. The normalized spacial score (nSPS) is 16.7. The molecule has 0 fully saturated rings. The molecule has 14 heteroatoms. The van der Waals surface area contributed by atoms with Crippen molar-refractivity contribution in [2.45, 2.75) is 92.6 Å². The van der Waals surface area contributed by atoms with Crippen LogP contribution < -0.4 is 9.88 Å². The van der Waals surface area contributed by atoms with Crippen LogP contribution in [0.3, 0.4) is 0 Å². The lowest BCUT2D eigenvalue weighted by Gasteiger charge is -2.23. The van der Waals surface area contributed by atoms with Crippen LogP contribution in [0.15, 0.2) is 73.3 Å². The van der Waals surface area contributed by atoms with Gasteiger partial charge in [-0.3, -0.25) is 14.4 Å². The van der Waals surface area contributed by atoms with Crippen LogP contribution in [0.1, 0.15) is 84.3 Å². The van der Waals surface area contributed by atoms with Gasteiger partial charge in [0, 0.05) is 96.7 Å². The van der Waals surface area contributed by atoms with Crippen LogP contribution in [0.2, 0.25) is 0 Å². The Hall–Kier alpha value is -5.69. The molecule has 2 aliphatic carbocycles. The number of alkyl carbamates (subject to hydrolysis) is 1. The Morgan fingerprint density at radius 2 is 1.38 bits per heavy atom. The fourth-order valence-corrected chi connectivity index (χ4v) is 8.52. The Kier molecular flexibility index (Phi) is 13.1. The highest BCUT2D eigenvalue weighted by Gasteiger charge is 2.35. The van der Waals surface area contributed by atoms with E-state index in [4.69, 9.17) is 9.47 Å². The number of halogens is 1. The van der Waals surface area contributed by atoms with Crippen molar-refractivity contribution in [1.82, 2.24) is 28.6 Å². The van der Waals surface area contributed by atoms with E-state index in [0.29, 0.717) is 6.54 Å². The van der Waals surface area contributed by atoms with Gasteiger partial charge in [-0.1, -0.05) is 43.3 Å². The van der Waals surface area contributed by atoms with E-state index in [1.54, 1.807) is 33.9 Å². The van der Waals surface area contributed by atoms with Gasteiger partial charge in [-0.2, -0.15) is 4.57 Å². The summed E-state index contributed by atoms with van der Waals surface area (Å²) >= 11 is 0. The molecule has 1 amide bonds. The maximum absolute atomic E-state index is 13.5. The van der Waals surface area contributed by atoms with Gasteiger partial charge in [0.05, 0.1) is 11.8 Å². The fraction of sp³-hybridized carbons (Fsp3) is 0.435. The Balaban J connectivity index is 0.000000223. The second-order valence-electron chi connectivity index (χ2n) is 17.0. The second-order valence-corrected chi connectivity index (χ2v) is 17.0. The molecule has 13 nitrogen and oxygen atoms in total. The van der Waals surface area contributed by atoms with Crippen LogP contribution in [0, 0.1) is 31.6 Å². The molecule has 8 rings (SSSR count). The average Bonchev–Trinajstić information content (AvgIpc) is 3.94. The maximum atomic E-state index is 13.5. The van der Waals surface area contributed by atoms with E-state index >= 15 is 0 Å². The van der Waals surface area contributed by atoms with Gasteiger partial charge in [0.1, 0.15) is 30.4 Å². The Labute approximate surface area is 357 Å². The number of para-hydroxylation sites is 2. The number of carbonyl (C=O) groups is 4. The number of ketones is 2. The molecule has 3 atom stereocenters. The average molecular weight is 839 g/mol. The van der Waals surface area contributed by atoms with Crippen molar-refractivity contribution in [3.05, 3.63) is 107 Å². The predicted molar refractivity (Wildman–Crippen MR) is 231 cm³/mol. The maximum Gasteiger partial charge on any atom is 0.407 e. The fourth-order valence-electron chi connectivity index (χ4n) is 8.52. The van der Waals surface area contributed by atoms with Crippen LogP contribution in [-0.2, 0) is 61.0 Å². The number of amides is 1. The zero-order valence-electron chi connectivity index (χ0n) is 35.9. The number of hydrogen-bond donors (Lipinski definition) is 1. The minimum Gasteiger partial charge on any atom is -0.444 e. The summed E-state index contributed by atoms with van der Waals surface area (Å²) in [4.78, 5) is 55.0. The van der Waals surface area contributed by atoms with E-state index in [-0.39, 0.29) is 49.1 Å². The molecule has 0 spiro atoms. The largest absolute Gasteiger partial charge is 0.444 e. The van der Waals surface area contributed by atoms with Crippen molar-refractivity contribution < 1.29 is 33.2 Å². The molecule has 60 heavy (non-hydrogen) atoms. The molecule has 0 radical (unpaired) electrons. The summed E-state index contributed by atoms with van der Waals surface area (Å²) in [5.41, 5.74) is 5.74. The van der Waals surface area contributed by atoms with E-state index in [2.05, 4.69) is 49.2 Å². The zero-order valence-corrected chi connectivity index (χ0v) is 36.7. The molecule has 0 saturated heterocycles. The highest BCUT2D eigenvalue weighted by molar-refractivity contribution is 6.12. The third kappa shape index (κ3) is 8.91. The van der Waals surface area contributed by atoms with E-state index in [0.717, 1.165) is 82.5 Å². The molecular weight excluding hydrogens is 782 g/mol. The Bertz CT molecular complexity index is 2550. The van der Waals surface area contributed by atoms with Crippen LogP contribution in [-0.4, -0.2) is 59.0 Å². The summed E-state index contributed by atoms with van der Waals surface area (Å²) < 4.78 is 21.0. The Morgan fingerprint density at radius 3 is 1.90 bits per heavy atom. The summed E-state index contributed by atoms with van der Waals surface area (Å²) in [7, 11) is 4.10. The molecule has 2 aromatic carbocycles. The van der Waals surface area contributed by atoms with Gasteiger partial charge >= 0.3 is 12.1 Å². The van der Waals surface area contributed by atoms with E-state index in [1.807, 2.05) is 79.0 Å². The first-order chi connectivity index (χ1) is 28.1. The molecule has 6 aromatic rings. The van der Waals surface area contributed by atoms with Gasteiger partial charge in [-0.25, -0.2) is 14.3 Å². The molecule has 4 aromatic heterocycles. The van der Waals surface area contributed by atoms with Crippen LogP contribution >= 0.6 is 12.4 Å². The summed E-state index contributed by atoms with van der Waals surface area (Å²) in [5.74, 6) is 1.33. The number of aromatic nitrogens is 6. The summed E-state index contributed by atoms with van der Waals surface area (Å²) in [6.45, 7) is 12.4. The number of benzene rings is 2. The number of imidazole rings is 2. The molecule has 1 N–H and O–H groups in total. The van der Waals surface area contributed by atoms with E-state index < -0.39 is 23.6 Å². The molecule has 318 valence electrons. The second kappa shape index (κ2) is 17.9. The van der Waals surface area contributed by atoms with Crippen molar-refractivity contribution in [3.63, 3.8) is 0 Å². The lowest BCUT2D eigenvalue weighted by molar-refractivity contribution is -0.732. The van der Waals surface area contributed by atoms with Gasteiger partial charge in [0.2, 0.25) is 6.73 Å². The summed E-state index contributed by atoms with van der Waals surface area (Å²) in [6, 6.07) is 16.3. The molecular formula is C46H57ClN7O6+. The molecule has 2 aliphatic rings. The number of fused-ring (bicyclic) bond motifs is 6. The van der Waals surface area contributed by atoms with E-state index in [9.17, 15) is 19.2 Å². The summed E-state index contributed by atoms with van der Waals surface area (Å²) in [6.07, 6.45) is 10.5. The van der Waals surface area contributed by atoms with Gasteiger partial charge in [0.25, 0.3) is 5.82 Å². The molecule has 4 heterocycles. The Morgan fingerprint density at radius 1 is 0.850 bits per heavy atom. The van der Waals surface area contributed by atoms with Gasteiger partial charge < -0.3 is 28.5 Å². The standard InChI is InChI=1S/C28H36N4O5.C18H19N3O.ClH/c1-18(15-29-27(35)37-28(3,4)5)26(34)36-17-32-14-13-31(19(32)2)16-20-11-12-23-24(25(20)33)21-9-7-8-10-22(21)30(23)6;1-12-19-9-10-21(12)11-13-7-8-16-17(18(13)22)14-5-3-4-6-15(14)20(16)2;/h7-10,13-14,18,20H,11-12,15-17H2,1-6H3;3-6,9-10,13H,7-8,11H2,1-2H3;1H/p+1. The first-order valence-electron chi connectivity index (χ1n) is 20.5. The number of nitrogens with zero attached hydrogens (tertiary/aromatic N) is 6. The van der Waals surface area contributed by atoms with Crippen molar-refractivity contribution in [2.75, 3.05) is 6.54 Å². The first-order valence-corrected chi connectivity index (χ1v) is 20.5. The van der Waals surface area contributed by atoms with Crippen molar-refractivity contribution in [1.29, 1.82) is 0 Å². The minimum atomic E-state index is -0.603. The quantitative estimate of drug-likeness (QED) is 0.120. The van der Waals surface area contributed by atoms with Crippen LogP contribution in [0.5, 0.6) is 0 Å². The molecule has 0 saturated carbocycles. The highest BCUT2D eigenvalue weighted by Crippen LogP contribution is 2.36. The number of rotatable bonds is 9. The monoisotopic (exact) mass is 838 g/mol. The number of esters is 1. The number of ether oxygens (including phenoxy) is 2. The van der Waals surface area contributed by atoms with Crippen LogP contribution in [0.4, 0.5) is 4.79 Å². The van der Waals surface area contributed by atoms with Gasteiger partial charge in [-0.15, -0.1) is 12.4 Å². The molecule has 0 bridgehead atoms. The van der Waals surface area contributed by atoms with Gasteiger partial charge in [0.15, 0.2) is 11.6 Å². The van der Waals surface area contributed by atoms with Crippen molar-refractivity contribution >= 4 is 57.8 Å². The summed E-state index contributed by atoms with van der Waals surface area (Å²) in [5, 5.41) is 4.72. The highest BCUT2D eigenvalue weighted by atomic mass is 35.5. The zero-order chi connectivity index (χ0) is 42.2. The number of Topliss-reactive ketones (excluding diaryl/α,β-unsaturated/α-hetero) is 2. The number of carbonyl (C=O) groups excluding carboxylic acids is 4. The lowest BCUT2D eigenvalue weighted by Crippen LogP contribution is -2.41.